The highest BCUT2D eigenvalue weighted by Crippen LogP contribution is 2.37. The number of aliphatic imine (C=N–C) groups is 1. The molecule has 0 aromatic heterocycles. The first-order chi connectivity index (χ1) is 12.2. The van der Waals surface area contributed by atoms with Gasteiger partial charge in [-0.05, 0) is 19.3 Å². The molecular weight excluding hydrogens is 516 g/mol. The molecule has 0 aromatic carbocycles. The summed E-state index contributed by atoms with van der Waals surface area (Å²) in [6.07, 6.45) is -2.82. The molecular formula is C15H28F3IN4O2S2. The van der Waals surface area contributed by atoms with Crippen LogP contribution in [-0.2, 0) is 10.0 Å². The second kappa shape index (κ2) is 11.3. The van der Waals surface area contributed by atoms with Crippen LogP contribution in [0.4, 0.5) is 13.2 Å². The third-order valence-corrected chi connectivity index (χ3v) is 7.53. The lowest BCUT2D eigenvalue weighted by atomic mass is 9.85. The molecule has 2 aliphatic rings. The highest BCUT2D eigenvalue weighted by molar-refractivity contribution is 14.0. The van der Waals surface area contributed by atoms with Crippen LogP contribution in [0.1, 0.15) is 25.7 Å². The van der Waals surface area contributed by atoms with Crippen molar-refractivity contribution < 1.29 is 21.6 Å². The Morgan fingerprint density at radius 3 is 2.52 bits per heavy atom. The number of nitrogens with one attached hydrogen (secondary N) is 2. The van der Waals surface area contributed by atoms with Crippen LogP contribution in [0, 0.1) is 5.92 Å². The fraction of sp³-hybridized carbons (Fsp3) is 0.933. The average Bonchev–Trinajstić information content (AvgIpc) is 2.61. The first kappa shape index (κ1) is 25.1. The second-order valence-electron chi connectivity index (χ2n) is 6.57. The first-order valence-electron chi connectivity index (χ1n) is 8.82. The molecule has 1 saturated carbocycles. The summed E-state index contributed by atoms with van der Waals surface area (Å²) in [4.78, 5) is 4.00. The van der Waals surface area contributed by atoms with Crippen LogP contribution in [0.5, 0.6) is 0 Å². The van der Waals surface area contributed by atoms with Crippen LogP contribution in [0.15, 0.2) is 4.99 Å². The van der Waals surface area contributed by atoms with Gasteiger partial charge in [0.15, 0.2) is 5.96 Å². The van der Waals surface area contributed by atoms with E-state index in [4.69, 9.17) is 0 Å². The number of guanidine groups is 1. The van der Waals surface area contributed by atoms with E-state index in [0.717, 1.165) is 11.5 Å². The monoisotopic (exact) mass is 544 g/mol. The number of nitrogens with zero attached hydrogens (tertiary/aromatic N) is 2. The predicted octanol–water partition coefficient (Wildman–Crippen LogP) is 2.27. The van der Waals surface area contributed by atoms with E-state index in [2.05, 4.69) is 15.6 Å². The van der Waals surface area contributed by atoms with Crippen LogP contribution in [0.2, 0.25) is 0 Å². The molecule has 0 aromatic rings. The molecule has 160 valence electrons. The van der Waals surface area contributed by atoms with Crippen molar-refractivity contribution in [1.82, 2.24) is 14.9 Å². The van der Waals surface area contributed by atoms with Gasteiger partial charge in [0.1, 0.15) is 0 Å². The fourth-order valence-corrected chi connectivity index (χ4v) is 5.75. The third kappa shape index (κ3) is 8.13. The minimum Gasteiger partial charge on any atom is -0.355 e. The van der Waals surface area contributed by atoms with Gasteiger partial charge < -0.3 is 10.6 Å². The van der Waals surface area contributed by atoms with Gasteiger partial charge in [-0.3, -0.25) is 4.99 Å². The van der Waals surface area contributed by atoms with Crippen molar-refractivity contribution in [2.45, 2.75) is 37.9 Å². The standard InChI is InChI=1S/C15H27F3N4O2S2.HI/c1-19-14(21-13-4-2-3-12(11-13)15(16,17)18)20-5-10-26(23,24)22-6-8-25-9-7-22;/h12-13H,2-11H2,1H3,(H2,19,20,21);1H. The molecule has 27 heavy (non-hydrogen) atoms. The lowest BCUT2D eigenvalue weighted by Crippen LogP contribution is -2.48. The van der Waals surface area contributed by atoms with Gasteiger partial charge >= 0.3 is 6.18 Å². The molecule has 1 aliphatic heterocycles. The minimum absolute atomic E-state index is 0. The molecule has 0 amide bonds. The average molecular weight is 544 g/mol. The lowest BCUT2D eigenvalue weighted by Gasteiger charge is -2.32. The minimum atomic E-state index is -4.17. The van der Waals surface area contributed by atoms with Crippen LogP contribution >= 0.6 is 35.7 Å². The molecule has 1 saturated heterocycles. The molecule has 2 N–H and O–H groups in total. The Morgan fingerprint density at radius 2 is 1.93 bits per heavy atom. The summed E-state index contributed by atoms with van der Waals surface area (Å²) in [5.74, 6) is 0.607. The van der Waals surface area contributed by atoms with E-state index in [1.54, 1.807) is 11.8 Å². The van der Waals surface area contributed by atoms with Gasteiger partial charge in [0.05, 0.1) is 11.7 Å². The molecule has 1 heterocycles. The number of alkyl halides is 3. The Bertz CT molecular complexity index is 584. The molecule has 2 rings (SSSR count). The van der Waals surface area contributed by atoms with Gasteiger partial charge in [0.25, 0.3) is 0 Å². The van der Waals surface area contributed by atoms with Crippen LogP contribution < -0.4 is 10.6 Å². The number of hydrogen-bond acceptors (Lipinski definition) is 4. The van der Waals surface area contributed by atoms with Crippen molar-refractivity contribution in [2.24, 2.45) is 10.9 Å². The summed E-state index contributed by atoms with van der Waals surface area (Å²) in [5, 5.41) is 5.91. The normalized spacial score (nSPS) is 25.6. The van der Waals surface area contributed by atoms with Gasteiger partial charge in [0, 0.05) is 44.2 Å². The van der Waals surface area contributed by atoms with Crippen molar-refractivity contribution in [1.29, 1.82) is 0 Å². The van der Waals surface area contributed by atoms with Crippen LogP contribution in [0.3, 0.4) is 0 Å². The molecule has 0 spiro atoms. The van der Waals surface area contributed by atoms with E-state index in [9.17, 15) is 21.6 Å². The van der Waals surface area contributed by atoms with E-state index in [0.29, 0.717) is 31.9 Å². The molecule has 6 nitrogen and oxygen atoms in total. The van der Waals surface area contributed by atoms with Crippen LogP contribution in [0.25, 0.3) is 0 Å². The zero-order chi connectivity index (χ0) is 19.2. The molecule has 0 radical (unpaired) electrons. The summed E-state index contributed by atoms with van der Waals surface area (Å²) in [5.41, 5.74) is 0. The zero-order valence-corrected chi connectivity index (χ0v) is 19.3. The van der Waals surface area contributed by atoms with E-state index in [-0.39, 0.29) is 55.2 Å². The maximum absolute atomic E-state index is 12.9. The number of halogens is 4. The second-order valence-corrected chi connectivity index (χ2v) is 9.89. The highest BCUT2D eigenvalue weighted by Gasteiger charge is 2.42. The van der Waals surface area contributed by atoms with Crippen LogP contribution in [-0.4, -0.2) is 74.8 Å². The lowest BCUT2D eigenvalue weighted by molar-refractivity contribution is -0.183. The van der Waals surface area contributed by atoms with Gasteiger partial charge in [0.2, 0.25) is 10.0 Å². The first-order valence-corrected chi connectivity index (χ1v) is 11.6. The Balaban J connectivity index is 0.00000364. The Hall–Kier alpha value is 0.0500. The molecule has 0 bridgehead atoms. The number of hydrogen-bond donors (Lipinski definition) is 2. The summed E-state index contributed by atoms with van der Waals surface area (Å²) in [6, 6.07) is -0.308. The fourth-order valence-electron chi connectivity index (χ4n) is 3.26. The van der Waals surface area contributed by atoms with Gasteiger partial charge in [-0.15, -0.1) is 24.0 Å². The van der Waals surface area contributed by atoms with Gasteiger partial charge in [-0.2, -0.15) is 24.9 Å². The van der Waals surface area contributed by atoms with Crippen molar-refractivity contribution in [2.75, 3.05) is 43.9 Å². The zero-order valence-electron chi connectivity index (χ0n) is 15.3. The molecule has 2 atom stereocenters. The number of sulfonamides is 1. The van der Waals surface area contributed by atoms with Crippen molar-refractivity contribution in [3.63, 3.8) is 0 Å². The quantitative estimate of drug-likeness (QED) is 0.316. The van der Waals surface area contributed by atoms with E-state index in [1.807, 2.05) is 0 Å². The highest BCUT2D eigenvalue weighted by atomic mass is 127. The van der Waals surface area contributed by atoms with Crippen molar-refractivity contribution in [3.8, 4) is 0 Å². The summed E-state index contributed by atoms with van der Waals surface area (Å²) in [6.45, 7) is 1.23. The molecule has 2 unspecified atom stereocenters. The predicted molar refractivity (Wildman–Crippen MR) is 114 cm³/mol. The van der Waals surface area contributed by atoms with Gasteiger partial charge in [-0.1, -0.05) is 6.42 Å². The maximum atomic E-state index is 12.9. The summed E-state index contributed by atoms with van der Waals surface area (Å²) >= 11 is 1.74. The van der Waals surface area contributed by atoms with E-state index >= 15 is 0 Å². The molecule has 2 fully saturated rings. The third-order valence-electron chi connectivity index (χ3n) is 4.72. The largest absolute Gasteiger partial charge is 0.391 e. The SMILES string of the molecule is CN=C(NCCS(=O)(=O)N1CCSCC1)NC1CCCC(C(F)(F)F)C1.I. The Morgan fingerprint density at radius 1 is 1.26 bits per heavy atom. The van der Waals surface area contributed by atoms with Crippen molar-refractivity contribution >= 4 is 51.7 Å². The number of rotatable bonds is 5. The molecule has 12 heteroatoms. The van der Waals surface area contributed by atoms with E-state index in [1.165, 1.54) is 11.4 Å². The smallest absolute Gasteiger partial charge is 0.355 e. The Kier molecular flexibility index (Phi) is 10.5. The summed E-state index contributed by atoms with van der Waals surface area (Å²) < 4.78 is 64.8. The Labute approximate surface area is 180 Å². The van der Waals surface area contributed by atoms with Gasteiger partial charge in [-0.25, -0.2) is 12.7 Å². The maximum Gasteiger partial charge on any atom is 0.391 e. The summed E-state index contributed by atoms with van der Waals surface area (Å²) in [7, 11) is -1.80. The van der Waals surface area contributed by atoms with Crippen molar-refractivity contribution in [3.05, 3.63) is 0 Å². The number of thioether (sulfide) groups is 1. The topological polar surface area (TPSA) is 73.8 Å². The van der Waals surface area contributed by atoms with E-state index < -0.39 is 22.1 Å². The molecule has 1 aliphatic carbocycles.